The number of rotatable bonds is 5. The normalized spacial score (nSPS) is 18.9. The second-order valence-corrected chi connectivity index (χ2v) is 4.99. The predicted octanol–water partition coefficient (Wildman–Crippen LogP) is 1.51. The Kier molecular flexibility index (Phi) is 5.35. The highest BCUT2D eigenvalue weighted by molar-refractivity contribution is 7.98. The molecule has 0 radical (unpaired) electrons. The quantitative estimate of drug-likeness (QED) is 0.503. The molecule has 1 aromatic heterocycles. The second kappa shape index (κ2) is 7.25. The molecule has 1 aromatic rings. The molecule has 19 heavy (non-hydrogen) atoms. The maximum atomic E-state index is 11.6. The van der Waals surface area contributed by atoms with E-state index in [4.69, 9.17) is 4.74 Å². The number of ether oxygens (including phenoxy) is 1. The van der Waals surface area contributed by atoms with Crippen LogP contribution in [0.2, 0.25) is 0 Å². The molecule has 1 fully saturated rings. The first-order chi connectivity index (χ1) is 9.28. The zero-order valence-electron chi connectivity index (χ0n) is 10.8. The molecule has 6 heteroatoms. The van der Waals surface area contributed by atoms with E-state index in [2.05, 4.69) is 15.3 Å². The Morgan fingerprint density at radius 2 is 2.37 bits per heavy atom. The van der Waals surface area contributed by atoms with E-state index in [-0.39, 0.29) is 12.0 Å². The van der Waals surface area contributed by atoms with Gasteiger partial charge >= 0.3 is 0 Å². The molecule has 0 aromatic carbocycles. The van der Waals surface area contributed by atoms with Crippen molar-refractivity contribution in [1.29, 1.82) is 0 Å². The molecule has 1 amide bonds. The minimum Gasteiger partial charge on any atom is -0.376 e. The van der Waals surface area contributed by atoms with Crippen molar-refractivity contribution in [2.75, 3.05) is 19.4 Å². The molecule has 1 aliphatic heterocycles. The van der Waals surface area contributed by atoms with Gasteiger partial charge in [-0.15, -0.1) is 0 Å². The van der Waals surface area contributed by atoms with E-state index in [9.17, 15) is 4.79 Å². The van der Waals surface area contributed by atoms with Crippen LogP contribution in [0.1, 0.15) is 18.4 Å². The first kappa shape index (κ1) is 14.0. The smallest absolute Gasteiger partial charge is 0.244 e. The first-order valence-electron chi connectivity index (χ1n) is 6.21. The average Bonchev–Trinajstić information content (AvgIpc) is 2.96. The van der Waals surface area contributed by atoms with Crippen molar-refractivity contribution in [2.45, 2.75) is 24.1 Å². The second-order valence-electron chi connectivity index (χ2n) is 4.22. The van der Waals surface area contributed by atoms with Crippen LogP contribution in [-0.4, -0.2) is 41.4 Å². The molecule has 1 atom stereocenters. The number of thioether (sulfide) groups is 1. The van der Waals surface area contributed by atoms with Gasteiger partial charge in [0.15, 0.2) is 5.16 Å². The van der Waals surface area contributed by atoms with Crippen molar-refractivity contribution in [2.24, 2.45) is 0 Å². The number of hydrogen-bond acceptors (Lipinski definition) is 5. The van der Waals surface area contributed by atoms with Crippen LogP contribution < -0.4 is 5.32 Å². The summed E-state index contributed by atoms with van der Waals surface area (Å²) >= 11 is 1.48. The van der Waals surface area contributed by atoms with E-state index < -0.39 is 0 Å². The van der Waals surface area contributed by atoms with Gasteiger partial charge in [-0.05, 0) is 25.2 Å². The monoisotopic (exact) mass is 279 g/mol. The molecule has 0 bridgehead atoms. The molecule has 5 nitrogen and oxygen atoms in total. The zero-order valence-corrected chi connectivity index (χ0v) is 11.7. The maximum Gasteiger partial charge on any atom is 0.244 e. The van der Waals surface area contributed by atoms with Gasteiger partial charge in [0.25, 0.3) is 0 Å². The fraction of sp³-hybridized carbons (Fsp3) is 0.462. The minimum absolute atomic E-state index is 0.121. The fourth-order valence-corrected chi connectivity index (χ4v) is 2.08. The molecule has 0 saturated carbocycles. The van der Waals surface area contributed by atoms with Crippen LogP contribution >= 0.6 is 11.8 Å². The van der Waals surface area contributed by atoms with Crippen LogP contribution in [0.4, 0.5) is 0 Å². The lowest BCUT2D eigenvalue weighted by atomic mass is 10.2. The molecule has 1 N–H and O–H groups in total. The number of hydrogen-bond donors (Lipinski definition) is 1. The molecule has 0 spiro atoms. The van der Waals surface area contributed by atoms with Crippen molar-refractivity contribution in [3.63, 3.8) is 0 Å². The summed E-state index contributed by atoms with van der Waals surface area (Å²) in [6.45, 7) is 1.38. The van der Waals surface area contributed by atoms with Gasteiger partial charge in [-0.1, -0.05) is 11.8 Å². The van der Waals surface area contributed by atoms with Crippen molar-refractivity contribution in [3.05, 3.63) is 24.0 Å². The van der Waals surface area contributed by atoms with E-state index in [1.165, 1.54) is 17.8 Å². The molecule has 2 rings (SSSR count). The SMILES string of the molecule is CSc1ncc(C=CC(=O)NCC2CCCO2)cn1. The van der Waals surface area contributed by atoms with E-state index in [0.29, 0.717) is 6.54 Å². The van der Waals surface area contributed by atoms with Crippen molar-refractivity contribution >= 4 is 23.7 Å². The molecule has 1 saturated heterocycles. The summed E-state index contributed by atoms with van der Waals surface area (Å²) in [6, 6.07) is 0. The van der Waals surface area contributed by atoms with E-state index >= 15 is 0 Å². The van der Waals surface area contributed by atoms with Crippen LogP contribution in [0, 0.1) is 0 Å². The molecule has 102 valence electrons. The average molecular weight is 279 g/mol. The highest BCUT2D eigenvalue weighted by Gasteiger charge is 2.15. The van der Waals surface area contributed by atoms with Gasteiger partial charge in [0, 0.05) is 37.2 Å². The lowest BCUT2D eigenvalue weighted by molar-refractivity contribution is -0.116. The summed E-state index contributed by atoms with van der Waals surface area (Å²) in [7, 11) is 0. The number of carbonyl (C=O) groups excluding carboxylic acids is 1. The molecule has 1 unspecified atom stereocenters. The Morgan fingerprint density at radius 1 is 1.58 bits per heavy atom. The van der Waals surface area contributed by atoms with E-state index in [0.717, 1.165) is 30.2 Å². The van der Waals surface area contributed by atoms with Gasteiger partial charge in [-0.3, -0.25) is 4.79 Å². The van der Waals surface area contributed by atoms with Crippen LogP contribution in [0.15, 0.2) is 23.6 Å². The standard InChI is InChI=1S/C13H17N3O2S/c1-19-13-15-7-10(8-16-13)4-5-12(17)14-9-11-3-2-6-18-11/h4-5,7-8,11H,2-3,6,9H2,1H3,(H,14,17). The van der Waals surface area contributed by atoms with Gasteiger partial charge in [0.2, 0.25) is 5.91 Å². The van der Waals surface area contributed by atoms with Gasteiger partial charge in [0.05, 0.1) is 6.10 Å². The first-order valence-corrected chi connectivity index (χ1v) is 7.44. The van der Waals surface area contributed by atoms with Crippen molar-refractivity contribution < 1.29 is 9.53 Å². The topological polar surface area (TPSA) is 64.1 Å². The molecule has 1 aliphatic rings. The van der Waals surface area contributed by atoms with Crippen LogP contribution in [-0.2, 0) is 9.53 Å². The Labute approximate surface area is 116 Å². The Morgan fingerprint density at radius 3 is 3.00 bits per heavy atom. The largest absolute Gasteiger partial charge is 0.376 e. The highest BCUT2D eigenvalue weighted by atomic mass is 32.2. The Bertz CT molecular complexity index is 442. The van der Waals surface area contributed by atoms with Crippen LogP contribution in [0.25, 0.3) is 6.08 Å². The van der Waals surface area contributed by atoms with Crippen LogP contribution in [0.5, 0.6) is 0 Å². The lowest BCUT2D eigenvalue weighted by Gasteiger charge is -2.08. The van der Waals surface area contributed by atoms with Crippen molar-refractivity contribution in [3.8, 4) is 0 Å². The summed E-state index contributed by atoms with van der Waals surface area (Å²) in [5, 5.41) is 3.54. The number of carbonyl (C=O) groups is 1. The summed E-state index contributed by atoms with van der Waals surface area (Å²) in [4.78, 5) is 19.9. The molecular weight excluding hydrogens is 262 g/mol. The summed E-state index contributed by atoms with van der Waals surface area (Å²) < 4.78 is 5.43. The number of amides is 1. The molecule has 0 aliphatic carbocycles. The summed E-state index contributed by atoms with van der Waals surface area (Å²) in [5.41, 5.74) is 0.810. The number of nitrogens with one attached hydrogen (secondary N) is 1. The Balaban J connectivity index is 1.78. The molecule has 2 heterocycles. The van der Waals surface area contributed by atoms with Crippen molar-refractivity contribution in [1.82, 2.24) is 15.3 Å². The van der Waals surface area contributed by atoms with E-state index in [1.807, 2.05) is 6.26 Å². The lowest BCUT2D eigenvalue weighted by Crippen LogP contribution is -2.30. The van der Waals surface area contributed by atoms with Gasteiger partial charge in [0.1, 0.15) is 0 Å². The third-order valence-corrected chi connectivity index (χ3v) is 3.36. The molecular formula is C13H17N3O2S. The fourth-order valence-electron chi connectivity index (χ4n) is 1.77. The van der Waals surface area contributed by atoms with Gasteiger partial charge < -0.3 is 10.1 Å². The van der Waals surface area contributed by atoms with E-state index in [1.54, 1.807) is 18.5 Å². The summed E-state index contributed by atoms with van der Waals surface area (Å²) in [6.07, 6.45) is 10.8. The highest BCUT2D eigenvalue weighted by Crippen LogP contribution is 2.10. The van der Waals surface area contributed by atoms with Gasteiger partial charge in [-0.2, -0.15) is 0 Å². The predicted molar refractivity (Wildman–Crippen MR) is 74.8 cm³/mol. The zero-order chi connectivity index (χ0) is 13.5. The van der Waals surface area contributed by atoms with Gasteiger partial charge in [-0.25, -0.2) is 9.97 Å². The third-order valence-electron chi connectivity index (χ3n) is 2.79. The third kappa shape index (κ3) is 4.65. The minimum atomic E-state index is -0.121. The number of aromatic nitrogens is 2. The summed E-state index contributed by atoms with van der Waals surface area (Å²) in [5.74, 6) is -0.121. The van der Waals surface area contributed by atoms with Crippen LogP contribution in [0.3, 0.4) is 0 Å². The Hall–Kier alpha value is -1.40. The number of nitrogens with zero attached hydrogens (tertiary/aromatic N) is 2. The maximum absolute atomic E-state index is 11.6.